The lowest BCUT2D eigenvalue weighted by Gasteiger charge is -2.36. The van der Waals surface area contributed by atoms with Crippen molar-refractivity contribution in [1.29, 1.82) is 0 Å². The first-order valence-electron chi connectivity index (χ1n) is 8.99. The van der Waals surface area contributed by atoms with Crippen LogP contribution >= 0.6 is 0 Å². The number of non-ortho nitro benzene ring substituents is 1. The monoisotopic (exact) mass is 380 g/mol. The van der Waals surface area contributed by atoms with Crippen molar-refractivity contribution in [2.45, 2.75) is 62.4 Å². The summed E-state index contributed by atoms with van der Waals surface area (Å²) < 4.78 is 23.8. The molecule has 0 spiro atoms. The highest BCUT2D eigenvalue weighted by molar-refractivity contribution is 7.90. The minimum absolute atomic E-state index is 0.0881. The van der Waals surface area contributed by atoms with E-state index in [-0.39, 0.29) is 34.1 Å². The van der Waals surface area contributed by atoms with Gasteiger partial charge in [-0.05, 0) is 50.5 Å². The van der Waals surface area contributed by atoms with Crippen molar-refractivity contribution in [2.75, 3.05) is 6.26 Å². The highest BCUT2D eigenvalue weighted by Gasteiger charge is 2.39. The minimum Gasteiger partial charge on any atom is -0.333 e. The van der Waals surface area contributed by atoms with Crippen LogP contribution in [0.4, 0.5) is 5.69 Å². The molecule has 2 aliphatic rings. The quantitative estimate of drug-likeness (QED) is 0.577. The molecule has 2 saturated carbocycles. The van der Waals surface area contributed by atoms with Crippen LogP contribution in [-0.2, 0) is 9.84 Å². The molecule has 0 radical (unpaired) electrons. The first-order valence-corrected chi connectivity index (χ1v) is 10.9. The SMILES string of the molecule is CC1CCC(N(C(=O)c2cc([N+](=O)[O-])cc(S(C)(=O)=O)c2)C2CC2)CC1. The van der Waals surface area contributed by atoms with Crippen LogP contribution in [0, 0.1) is 16.0 Å². The average molecular weight is 380 g/mol. The maximum absolute atomic E-state index is 13.2. The van der Waals surface area contributed by atoms with Crippen LogP contribution in [0.5, 0.6) is 0 Å². The summed E-state index contributed by atoms with van der Waals surface area (Å²) in [5, 5.41) is 11.2. The molecule has 1 amide bonds. The molecule has 0 heterocycles. The van der Waals surface area contributed by atoms with Crippen LogP contribution < -0.4 is 0 Å². The molecule has 0 bridgehead atoms. The van der Waals surface area contributed by atoms with Gasteiger partial charge in [-0.25, -0.2) is 8.42 Å². The molecule has 1 aromatic rings. The number of benzene rings is 1. The summed E-state index contributed by atoms with van der Waals surface area (Å²) in [6.45, 7) is 2.21. The fourth-order valence-corrected chi connectivity index (χ4v) is 4.35. The summed E-state index contributed by atoms with van der Waals surface area (Å²) in [6, 6.07) is 3.77. The van der Waals surface area contributed by atoms with Gasteiger partial charge in [0.2, 0.25) is 0 Å². The molecule has 2 aliphatic carbocycles. The lowest BCUT2D eigenvalue weighted by atomic mass is 9.86. The van der Waals surface area contributed by atoms with Gasteiger partial charge in [-0.3, -0.25) is 14.9 Å². The molecule has 7 nitrogen and oxygen atoms in total. The summed E-state index contributed by atoms with van der Waals surface area (Å²) in [5.74, 6) is 0.359. The van der Waals surface area contributed by atoms with Crippen LogP contribution in [0.15, 0.2) is 23.1 Å². The average Bonchev–Trinajstić information content (AvgIpc) is 3.40. The van der Waals surface area contributed by atoms with E-state index in [0.29, 0.717) is 5.92 Å². The Morgan fingerprint density at radius 1 is 1.08 bits per heavy atom. The molecular weight excluding hydrogens is 356 g/mol. The van der Waals surface area contributed by atoms with E-state index in [0.717, 1.165) is 50.8 Å². The van der Waals surface area contributed by atoms with Crippen molar-refractivity contribution in [2.24, 2.45) is 5.92 Å². The van der Waals surface area contributed by atoms with Crippen LogP contribution in [0.25, 0.3) is 0 Å². The number of nitro benzene ring substituents is 1. The Morgan fingerprint density at radius 3 is 2.08 bits per heavy atom. The zero-order valence-electron chi connectivity index (χ0n) is 15.1. The Labute approximate surface area is 153 Å². The second kappa shape index (κ2) is 6.98. The summed E-state index contributed by atoms with van der Waals surface area (Å²) in [6.07, 6.45) is 6.84. The van der Waals surface area contributed by atoms with Crippen molar-refractivity contribution in [3.8, 4) is 0 Å². The number of carbonyl (C=O) groups excluding carboxylic acids is 1. The van der Waals surface area contributed by atoms with Gasteiger partial charge in [0.05, 0.1) is 9.82 Å². The third-order valence-electron chi connectivity index (χ3n) is 5.33. The number of nitro groups is 1. The minimum atomic E-state index is -3.65. The van der Waals surface area contributed by atoms with Gasteiger partial charge in [0.15, 0.2) is 9.84 Å². The molecule has 8 heteroatoms. The Hall–Kier alpha value is -1.96. The van der Waals surface area contributed by atoms with Gasteiger partial charge in [-0.15, -0.1) is 0 Å². The number of amides is 1. The van der Waals surface area contributed by atoms with Crippen molar-refractivity contribution in [1.82, 2.24) is 4.90 Å². The van der Waals surface area contributed by atoms with E-state index in [4.69, 9.17) is 0 Å². The lowest BCUT2D eigenvalue weighted by Crippen LogP contribution is -2.43. The molecule has 0 atom stereocenters. The van der Waals surface area contributed by atoms with Gasteiger partial charge in [0.25, 0.3) is 11.6 Å². The standard InChI is InChI=1S/C18H24N2O5S/c1-12-3-5-14(6-4-12)19(15-7-8-15)18(21)13-9-16(20(22)23)11-17(10-13)26(2,24)25/h9-12,14-15H,3-8H2,1-2H3. The summed E-state index contributed by atoms with van der Waals surface area (Å²) in [4.78, 5) is 25.4. The lowest BCUT2D eigenvalue weighted by molar-refractivity contribution is -0.385. The summed E-state index contributed by atoms with van der Waals surface area (Å²) in [7, 11) is -3.65. The summed E-state index contributed by atoms with van der Waals surface area (Å²) in [5.41, 5.74) is -0.283. The fourth-order valence-electron chi connectivity index (χ4n) is 3.68. The highest BCUT2D eigenvalue weighted by Crippen LogP contribution is 2.36. The molecule has 0 unspecified atom stereocenters. The molecular formula is C18H24N2O5S. The maximum Gasteiger partial charge on any atom is 0.271 e. The third kappa shape index (κ3) is 4.06. The van der Waals surface area contributed by atoms with E-state index in [1.807, 2.05) is 4.90 Å². The number of rotatable bonds is 5. The predicted octanol–water partition coefficient (Wildman–Crippen LogP) is 3.18. The van der Waals surface area contributed by atoms with Gasteiger partial charge >= 0.3 is 0 Å². The second-order valence-electron chi connectivity index (χ2n) is 7.60. The number of hydrogen-bond donors (Lipinski definition) is 0. The smallest absolute Gasteiger partial charge is 0.271 e. The Morgan fingerprint density at radius 2 is 1.62 bits per heavy atom. The number of nitrogens with zero attached hydrogens (tertiary/aromatic N) is 2. The molecule has 0 saturated heterocycles. The van der Waals surface area contributed by atoms with Crippen molar-refractivity contribution < 1.29 is 18.1 Å². The van der Waals surface area contributed by atoms with E-state index in [9.17, 15) is 23.3 Å². The molecule has 0 aromatic heterocycles. The van der Waals surface area contributed by atoms with E-state index in [2.05, 4.69) is 6.92 Å². The first-order chi connectivity index (χ1) is 12.2. The van der Waals surface area contributed by atoms with Gasteiger partial charge in [0.1, 0.15) is 0 Å². The number of hydrogen-bond acceptors (Lipinski definition) is 5. The third-order valence-corrected chi connectivity index (χ3v) is 6.42. The van der Waals surface area contributed by atoms with Crippen molar-refractivity contribution in [3.63, 3.8) is 0 Å². The van der Waals surface area contributed by atoms with E-state index in [1.165, 1.54) is 12.1 Å². The Bertz CT molecular complexity index is 824. The topological polar surface area (TPSA) is 97.6 Å². The maximum atomic E-state index is 13.2. The normalized spacial score (nSPS) is 23.5. The van der Waals surface area contributed by atoms with E-state index in [1.54, 1.807) is 0 Å². The van der Waals surface area contributed by atoms with Crippen LogP contribution in [0.1, 0.15) is 55.8 Å². The first kappa shape index (κ1) is 18.8. The molecule has 0 aliphatic heterocycles. The fraction of sp³-hybridized carbons (Fsp3) is 0.611. The van der Waals surface area contributed by atoms with Crippen LogP contribution in [-0.4, -0.2) is 42.5 Å². The molecule has 3 rings (SSSR count). The molecule has 1 aromatic carbocycles. The van der Waals surface area contributed by atoms with Gasteiger partial charge in [-0.2, -0.15) is 0 Å². The van der Waals surface area contributed by atoms with Crippen LogP contribution in [0.2, 0.25) is 0 Å². The van der Waals surface area contributed by atoms with Crippen LogP contribution in [0.3, 0.4) is 0 Å². The Kier molecular flexibility index (Phi) is 5.05. The summed E-state index contributed by atoms with van der Waals surface area (Å²) >= 11 is 0. The number of sulfone groups is 1. The van der Waals surface area contributed by atoms with E-state index < -0.39 is 14.8 Å². The molecule has 142 valence electrons. The Balaban J connectivity index is 1.96. The molecule has 26 heavy (non-hydrogen) atoms. The van der Waals surface area contributed by atoms with Crippen molar-refractivity contribution >= 4 is 21.4 Å². The largest absolute Gasteiger partial charge is 0.333 e. The zero-order chi connectivity index (χ0) is 19.1. The predicted molar refractivity (Wildman–Crippen MR) is 96.8 cm³/mol. The number of carbonyl (C=O) groups is 1. The highest BCUT2D eigenvalue weighted by atomic mass is 32.2. The second-order valence-corrected chi connectivity index (χ2v) is 9.62. The van der Waals surface area contributed by atoms with E-state index >= 15 is 0 Å². The van der Waals surface area contributed by atoms with Gasteiger partial charge in [0, 0.05) is 36.0 Å². The van der Waals surface area contributed by atoms with Gasteiger partial charge < -0.3 is 4.90 Å². The molecule has 2 fully saturated rings. The van der Waals surface area contributed by atoms with Crippen molar-refractivity contribution in [3.05, 3.63) is 33.9 Å². The molecule has 0 N–H and O–H groups in total. The van der Waals surface area contributed by atoms with Gasteiger partial charge in [-0.1, -0.05) is 6.92 Å². The zero-order valence-corrected chi connectivity index (χ0v) is 15.9.